The lowest BCUT2D eigenvalue weighted by molar-refractivity contribution is -0.122. The van der Waals surface area contributed by atoms with Crippen LogP contribution in [0.1, 0.15) is 60.2 Å². The number of hydrogen-bond donors (Lipinski definition) is 3. The number of carbonyl (C=O) groups is 2. The maximum absolute atomic E-state index is 13.4. The van der Waals surface area contributed by atoms with Crippen LogP contribution in [0.5, 0.6) is 0 Å². The Bertz CT molecular complexity index is 1910. The van der Waals surface area contributed by atoms with Gasteiger partial charge in [0.15, 0.2) is 5.82 Å². The first-order valence-electron chi connectivity index (χ1n) is 14.0. The number of benzene rings is 2. The van der Waals surface area contributed by atoms with Crippen molar-refractivity contribution >= 4 is 45.1 Å². The van der Waals surface area contributed by atoms with Crippen molar-refractivity contribution in [3.05, 3.63) is 82.3 Å². The van der Waals surface area contributed by atoms with Crippen LogP contribution in [0.3, 0.4) is 0 Å². The standard InChI is InChI=1S/C31H32N8O3S/c1-31(2,3)25(15-27(40)33-17-28-36-26(38-42-28)14-21-6-5-11-43-21)39-24-10-9-19(30(41)32-4)13-23(24)35-29(39)18-7-8-20-16-34-37-22(20)12-18/h5-13,16,25H,14-15,17H2,1-4H3,(H,32,41)(H,33,40)(H,34,37)/t25-/m0/s1. The predicted molar refractivity (Wildman–Crippen MR) is 165 cm³/mol. The molecule has 1 atom stereocenters. The van der Waals surface area contributed by atoms with Gasteiger partial charge in [0.05, 0.1) is 29.3 Å². The molecule has 4 aromatic heterocycles. The molecular formula is C31H32N8O3S. The Kier molecular flexibility index (Phi) is 7.53. The average Bonchev–Trinajstić information content (AvgIpc) is 3.80. The van der Waals surface area contributed by atoms with Crippen molar-refractivity contribution in [2.24, 2.45) is 5.41 Å². The Morgan fingerprint density at radius 3 is 2.74 bits per heavy atom. The van der Waals surface area contributed by atoms with Gasteiger partial charge in [0.25, 0.3) is 5.91 Å². The minimum atomic E-state index is -0.338. The second kappa shape index (κ2) is 11.4. The van der Waals surface area contributed by atoms with Gasteiger partial charge in [0.1, 0.15) is 5.82 Å². The van der Waals surface area contributed by atoms with Crippen molar-refractivity contribution in [1.82, 2.24) is 40.5 Å². The Labute approximate surface area is 251 Å². The molecule has 43 heavy (non-hydrogen) atoms. The van der Waals surface area contributed by atoms with E-state index >= 15 is 0 Å². The van der Waals surface area contributed by atoms with E-state index in [9.17, 15) is 9.59 Å². The van der Waals surface area contributed by atoms with Gasteiger partial charge in [-0.25, -0.2) is 4.98 Å². The molecule has 11 nitrogen and oxygen atoms in total. The summed E-state index contributed by atoms with van der Waals surface area (Å²) in [7, 11) is 1.60. The van der Waals surface area contributed by atoms with Crippen molar-refractivity contribution in [1.29, 1.82) is 0 Å². The van der Waals surface area contributed by atoms with E-state index in [1.165, 1.54) is 0 Å². The van der Waals surface area contributed by atoms with E-state index < -0.39 is 0 Å². The van der Waals surface area contributed by atoms with E-state index in [2.05, 4.69) is 56.3 Å². The number of aromatic amines is 1. The summed E-state index contributed by atoms with van der Waals surface area (Å²) in [5.41, 5.74) is 3.42. The third-order valence-corrected chi connectivity index (χ3v) is 8.30. The summed E-state index contributed by atoms with van der Waals surface area (Å²) < 4.78 is 7.50. The number of carbonyl (C=O) groups excluding carboxylic acids is 2. The van der Waals surface area contributed by atoms with Gasteiger partial charge in [0.2, 0.25) is 11.8 Å². The SMILES string of the molecule is CNC(=O)c1ccc2c(c1)nc(-c1ccc3cn[nH]c3c1)n2[C@@H](CC(=O)NCc1nc(Cc2cccs2)no1)C(C)(C)C. The van der Waals surface area contributed by atoms with Gasteiger partial charge in [-0.3, -0.25) is 14.7 Å². The van der Waals surface area contributed by atoms with E-state index in [0.29, 0.717) is 35.0 Å². The minimum absolute atomic E-state index is 0.136. The Morgan fingerprint density at radius 1 is 1.12 bits per heavy atom. The molecule has 0 saturated heterocycles. The molecule has 0 aliphatic heterocycles. The normalized spacial score (nSPS) is 12.6. The number of nitrogens with zero attached hydrogens (tertiary/aromatic N) is 5. The molecule has 4 heterocycles. The highest BCUT2D eigenvalue weighted by molar-refractivity contribution is 7.09. The lowest BCUT2D eigenvalue weighted by atomic mass is 9.84. The molecule has 0 bridgehead atoms. The molecule has 6 aromatic rings. The van der Waals surface area contributed by atoms with Crippen LogP contribution < -0.4 is 10.6 Å². The quantitative estimate of drug-likeness (QED) is 0.206. The fourth-order valence-corrected chi connectivity index (χ4v) is 5.89. The molecule has 0 spiro atoms. The van der Waals surface area contributed by atoms with Gasteiger partial charge in [-0.1, -0.05) is 44.1 Å². The Morgan fingerprint density at radius 2 is 1.98 bits per heavy atom. The molecule has 0 aliphatic rings. The van der Waals surface area contributed by atoms with Crippen LogP contribution in [0.25, 0.3) is 33.3 Å². The van der Waals surface area contributed by atoms with Gasteiger partial charge < -0.3 is 19.7 Å². The van der Waals surface area contributed by atoms with Crippen LogP contribution in [-0.4, -0.2) is 48.8 Å². The summed E-state index contributed by atoms with van der Waals surface area (Å²) in [6, 6.07) is 15.2. The van der Waals surface area contributed by atoms with Crippen LogP contribution in [0.4, 0.5) is 0 Å². The number of fused-ring (bicyclic) bond motifs is 2. The summed E-state index contributed by atoms with van der Waals surface area (Å²) >= 11 is 1.63. The number of H-pyrrole nitrogens is 1. The number of thiophene rings is 1. The van der Waals surface area contributed by atoms with Crippen molar-refractivity contribution in [2.45, 2.75) is 46.2 Å². The highest BCUT2D eigenvalue weighted by atomic mass is 32.1. The molecule has 0 saturated carbocycles. The summed E-state index contributed by atoms with van der Waals surface area (Å²) in [6.07, 6.45) is 2.54. The molecule has 0 radical (unpaired) electrons. The summed E-state index contributed by atoms with van der Waals surface area (Å²) in [6.45, 7) is 6.45. The van der Waals surface area contributed by atoms with Crippen molar-refractivity contribution in [3.63, 3.8) is 0 Å². The molecule has 3 N–H and O–H groups in total. The molecule has 12 heteroatoms. The zero-order chi connectivity index (χ0) is 30.1. The summed E-state index contributed by atoms with van der Waals surface area (Å²) in [5.74, 6) is 1.29. The highest BCUT2D eigenvalue weighted by Crippen LogP contribution is 2.40. The van der Waals surface area contributed by atoms with Crippen LogP contribution in [0, 0.1) is 5.41 Å². The van der Waals surface area contributed by atoms with E-state index in [1.807, 2.05) is 41.8 Å². The van der Waals surface area contributed by atoms with Crippen LogP contribution in [0.2, 0.25) is 0 Å². The molecule has 2 aromatic carbocycles. The first-order chi connectivity index (χ1) is 20.7. The fraction of sp³-hybridized carbons (Fsp3) is 0.290. The van der Waals surface area contributed by atoms with E-state index in [4.69, 9.17) is 9.51 Å². The largest absolute Gasteiger partial charge is 0.355 e. The minimum Gasteiger partial charge on any atom is -0.355 e. The van der Waals surface area contributed by atoms with E-state index in [-0.39, 0.29) is 36.2 Å². The molecule has 220 valence electrons. The summed E-state index contributed by atoms with van der Waals surface area (Å²) in [5, 5.41) is 19.9. The zero-order valence-electron chi connectivity index (χ0n) is 24.3. The molecule has 0 unspecified atom stereocenters. The van der Waals surface area contributed by atoms with Gasteiger partial charge in [0, 0.05) is 47.3 Å². The van der Waals surface area contributed by atoms with E-state index in [1.54, 1.807) is 36.7 Å². The van der Waals surface area contributed by atoms with Crippen molar-refractivity contribution in [3.8, 4) is 11.4 Å². The molecule has 6 rings (SSSR count). The van der Waals surface area contributed by atoms with Gasteiger partial charge in [-0.05, 0) is 41.1 Å². The molecule has 2 amide bonds. The molecule has 0 fully saturated rings. The smallest absolute Gasteiger partial charge is 0.251 e. The predicted octanol–water partition coefficient (Wildman–Crippen LogP) is 5.27. The van der Waals surface area contributed by atoms with Crippen molar-refractivity contribution < 1.29 is 14.1 Å². The average molecular weight is 597 g/mol. The lowest BCUT2D eigenvalue weighted by Crippen LogP contribution is -2.32. The first-order valence-corrected chi connectivity index (χ1v) is 14.9. The number of imidazole rings is 1. The molecule has 0 aliphatic carbocycles. The molecular weight excluding hydrogens is 564 g/mol. The lowest BCUT2D eigenvalue weighted by Gasteiger charge is -2.33. The Hall–Kier alpha value is -4.84. The van der Waals surface area contributed by atoms with Crippen molar-refractivity contribution in [2.75, 3.05) is 7.05 Å². The maximum atomic E-state index is 13.4. The second-order valence-corrected chi connectivity index (χ2v) is 12.5. The monoisotopic (exact) mass is 596 g/mol. The third-order valence-electron chi connectivity index (χ3n) is 7.43. The third kappa shape index (κ3) is 5.91. The van der Waals surface area contributed by atoms with Gasteiger partial charge in [-0.15, -0.1) is 11.3 Å². The fourth-order valence-electron chi connectivity index (χ4n) is 5.19. The van der Waals surface area contributed by atoms with E-state index in [0.717, 1.165) is 26.9 Å². The van der Waals surface area contributed by atoms with Crippen LogP contribution >= 0.6 is 11.3 Å². The van der Waals surface area contributed by atoms with Gasteiger partial charge >= 0.3 is 0 Å². The van der Waals surface area contributed by atoms with Crippen LogP contribution in [0.15, 0.2) is 64.6 Å². The first kappa shape index (κ1) is 28.3. The number of aromatic nitrogens is 6. The Balaban J connectivity index is 1.32. The number of amides is 2. The topological polar surface area (TPSA) is 144 Å². The highest BCUT2D eigenvalue weighted by Gasteiger charge is 2.32. The number of nitrogens with one attached hydrogen (secondary N) is 3. The summed E-state index contributed by atoms with van der Waals surface area (Å²) in [4.78, 5) is 36.4. The second-order valence-electron chi connectivity index (χ2n) is 11.5. The van der Waals surface area contributed by atoms with Crippen LogP contribution in [-0.2, 0) is 17.8 Å². The maximum Gasteiger partial charge on any atom is 0.251 e. The zero-order valence-corrected chi connectivity index (χ0v) is 25.2. The number of rotatable bonds is 9. The number of hydrogen-bond acceptors (Lipinski definition) is 8. The van der Waals surface area contributed by atoms with Gasteiger partial charge in [-0.2, -0.15) is 10.1 Å².